The van der Waals surface area contributed by atoms with Crippen molar-refractivity contribution in [3.05, 3.63) is 35.9 Å². The fraction of sp³-hybridized carbons (Fsp3) is 0.429. The first-order valence-corrected chi connectivity index (χ1v) is 7.65. The quantitative estimate of drug-likeness (QED) is 0.900. The van der Waals surface area contributed by atoms with Crippen LogP contribution < -0.4 is 0 Å². The number of nitrogens with zero attached hydrogens (tertiary/aromatic N) is 1. The van der Waals surface area contributed by atoms with Crippen LogP contribution in [0.1, 0.15) is 5.56 Å². The minimum absolute atomic E-state index is 0.207. The Hall–Kier alpha value is -1.69. The molecule has 1 N–H and O–H groups in total. The van der Waals surface area contributed by atoms with E-state index in [0.29, 0.717) is 5.75 Å². The second-order valence-electron chi connectivity index (χ2n) is 4.91. The zero-order valence-corrected chi connectivity index (χ0v) is 12.1. The number of benzene rings is 1. The number of carbonyl (C=O) groups is 2. The molecule has 108 valence electrons. The highest BCUT2D eigenvalue weighted by atomic mass is 32.2. The Kier molecular flexibility index (Phi) is 4.54. The first kappa shape index (κ1) is 14.7. The van der Waals surface area contributed by atoms with E-state index in [1.54, 1.807) is 0 Å². The number of ether oxygens (including phenoxy) is 1. The van der Waals surface area contributed by atoms with Gasteiger partial charge >= 0.3 is 12.1 Å². The van der Waals surface area contributed by atoms with Gasteiger partial charge in [-0.2, -0.15) is 11.8 Å². The van der Waals surface area contributed by atoms with Gasteiger partial charge in [0, 0.05) is 18.8 Å². The van der Waals surface area contributed by atoms with Gasteiger partial charge in [-0.05, 0) is 11.8 Å². The fourth-order valence-corrected chi connectivity index (χ4v) is 3.05. The van der Waals surface area contributed by atoms with E-state index in [0.717, 1.165) is 5.56 Å². The Labute approximate surface area is 121 Å². The monoisotopic (exact) mass is 295 g/mol. The van der Waals surface area contributed by atoms with E-state index in [4.69, 9.17) is 4.74 Å². The standard InChI is InChI=1S/C14H17NO4S/c1-20-10-14(12(16)17)8-15(9-14)13(18)19-7-11-5-3-2-4-6-11/h2-6H,7-10H2,1H3,(H,16,17). The molecule has 0 unspecified atom stereocenters. The van der Waals surface area contributed by atoms with E-state index in [1.807, 2.05) is 36.6 Å². The molecule has 1 fully saturated rings. The Morgan fingerprint density at radius 3 is 2.55 bits per heavy atom. The van der Waals surface area contributed by atoms with Gasteiger partial charge < -0.3 is 14.7 Å². The molecule has 1 aromatic rings. The number of hydrogen-bond acceptors (Lipinski definition) is 4. The molecular weight excluding hydrogens is 278 g/mol. The van der Waals surface area contributed by atoms with Gasteiger partial charge in [0.15, 0.2) is 0 Å². The molecule has 1 amide bonds. The second-order valence-corrected chi connectivity index (χ2v) is 5.78. The molecule has 0 saturated carbocycles. The molecule has 0 atom stereocenters. The third kappa shape index (κ3) is 3.07. The van der Waals surface area contributed by atoms with Gasteiger partial charge in [-0.15, -0.1) is 0 Å². The van der Waals surface area contributed by atoms with Crippen LogP contribution in [0, 0.1) is 5.41 Å². The summed E-state index contributed by atoms with van der Waals surface area (Å²) in [5.74, 6) is -0.343. The molecule has 0 aromatic heterocycles. The number of carboxylic acid groups (broad SMARTS) is 1. The minimum atomic E-state index is -0.848. The van der Waals surface area contributed by atoms with Crippen LogP contribution in [0.25, 0.3) is 0 Å². The van der Waals surface area contributed by atoms with E-state index >= 15 is 0 Å². The van der Waals surface area contributed by atoms with Crippen molar-refractivity contribution in [1.82, 2.24) is 4.90 Å². The first-order valence-electron chi connectivity index (χ1n) is 6.25. The fourth-order valence-electron chi connectivity index (χ4n) is 2.19. The Balaban J connectivity index is 1.83. The number of amides is 1. The van der Waals surface area contributed by atoms with Crippen LogP contribution >= 0.6 is 11.8 Å². The molecule has 1 aliphatic rings. The van der Waals surface area contributed by atoms with Crippen molar-refractivity contribution >= 4 is 23.8 Å². The lowest BCUT2D eigenvalue weighted by Gasteiger charge is -2.45. The summed E-state index contributed by atoms with van der Waals surface area (Å²) in [5.41, 5.74) is 0.0977. The molecule has 1 saturated heterocycles. The third-order valence-electron chi connectivity index (χ3n) is 3.32. The predicted octanol–water partition coefficient (Wildman–Crippen LogP) is 2.07. The van der Waals surface area contributed by atoms with Gasteiger partial charge in [-0.1, -0.05) is 30.3 Å². The van der Waals surface area contributed by atoms with E-state index in [2.05, 4.69) is 0 Å². The summed E-state index contributed by atoms with van der Waals surface area (Å²) in [4.78, 5) is 24.5. The van der Waals surface area contributed by atoms with Crippen LogP contribution in [0.5, 0.6) is 0 Å². The first-order chi connectivity index (χ1) is 9.57. The Bertz CT molecular complexity index is 485. The molecule has 1 aromatic carbocycles. The summed E-state index contributed by atoms with van der Waals surface area (Å²) in [6, 6.07) is 9.39. The van der Waals surface area contributed by atoms with Crippen molar-refractivity contribution in [2.24, 2.45) is 5.41 Å². The van der Waals surface area contributed by atoms with Crippen LogP contribution in [-0.2, 0) is 16.1 Å². The van der Waals surface area contributed by atoms with Crippen molar-refractivity contribution < 1.29 is 19.4 Å². The Morgan fingerprint density at radius 1 is 1.35 bits per heavy atom. The van der Waals surface area contributed by atoms with Gasteiger partial charge in [0.25, 0.3) is 0 Å². The van der Waals surface area contributed by atoms with Crippen molar-refractivity contribution in [2.75, 3.05) is 25.1 Å². The van der Waals surface area contributed by atoms with Gasteiger partial charge in [0.05, 0.1) is 0 Å². The number of carbonyl (C=O) groups excluding carboxylic acids is 1. The number of hydrogen-bond donors (Lipinski definition) is 1. The number of rotatable bonds is 5. The lowest BCUT2D eigenvalue weighted by atomic mass is 9.82. The average molecular weight is 295 g/mol. The maximum absolute atomic E-state index is 11.8. The minimum Gasteiger partial charge on any atom is -0.481 e. The number of carboxylic acids is 1. The molecular formula is C14H17NO4S. The summed E-state index contributed by atoms with van der Waals surface area (Å²) in [6.07, 6.45) is 1.41. The molecule has 0 bridgehead atoms. The summed E-state index contributed by atoms with van der Waals surface area (Å²) in [5, 5.41) is 9.23. The van der Waals surface area contributed by atoms with Crippen molar-refractivity contribution in [1.29, 1.82) is 0 Å². The summed E-state index contributed by atoms with van der Waals surface area (Å²) >= 11 is 1.48. The van der Waals surface area contributed by atoms with Gasteiger partial charge in [0.2, 0.25) is 0 Å². The maximum Gasteiger partial charge on any atom is 0.410 e. The van der Waals surface area contributed by atoms with Crippen molar-refractivity contribution in [3.8, 4) is 0 Å². The topological polar surface area (TPSA) is 66.8 Å². The molecule has 0 radical (unpaired) electrons. The number of aliphatic carboxylic acids is 1. The van der Waals surface area contributed by atoms with E-state index in [-0.39, 0.29) is 19.7 Å². The highest BCUT2D eigenvalue weighted by molar-refractivity contribution is 7.98. The number of likely N-dealkylation sites (tertiary alicyclic amines) is 1. The molecule has 1 heterocycles. The largest absolute Gasteiger partial charge is 0.481 e. The molecule has 2 rings (SSSR count). The Morgan fingerprint density at radius 2 is 2.00 bits per heavy atom. The average Bonchev–Trinajstić information content (AvgIpc) is 2.40. The van der Waals surface area contributed by atoms with Crippen LogP contribution in [0.4, 0.5) is 4.79 Å². The maximum atomic E-state index is 11.8. The zero-order valence-electron chi connectivity index (χ0n) is 11.2. The molecule has 0 spiro atoms. The van der Waals surface area contributed by atoms with Crippen molar-refractivity contribution in [2.45, 2.75) is 6.61 Å². The lowest BCUT2D eigenvalue weighted by molar-refractivity contribution is -0.156. The molecule has 5 nitrogen and oxygen atoms in total. The predicted molar refractivity (Wildman–Crippen MR) is 76.7 cm³/mol. The summed E-state index contributed by atoms with van der Waals surface area (Å²) in [6.45, 7) is 0.645. The molecule has 0 aliphatic carbocycles. The summed E-state index contributed by atoms with van der Waals surface area (Å²) in [7, 11) is 0. The SMILES string of the molecule is CSCC1(C(=O)O)CN(C(=O)OCc2ccccc2)C1. The third-order valence-corrected chi connectivity index (χ3v) is 4.17. The van der Waals surface area contributed by atoms with Crippen LogP contribution in [0.3, 0.4) is 0 Å². The van der Waals surface area contributed by atoms with Crippen LogP contribution in [0.15, 0.2) is 30.3 Å². The molecule has 20 heavy (non-hydrogen) atoms. The second kappa shape index (κ2) is 6.17. The zero-order chi connectivity index (χ0) is 14.6. The normalized spacial score (nSPS) is 16.4. The van der Waals surface area contributed by atoms with Gasteiger partial charge in [0.1, 0.15) is 12.0 Å². The highest BCUT2D eigenvalue weighted by Gasteiger charge is 2.51. The van der Waals surface area contributed by atoms with E-state index in [1.165, 1.54) is 16.7 Å². The van der Waals surface area contributed by atoms with Crippen LogP contribution in [-0.4, -0.2) is 47.2 Å². The van der Waals surface area contributed by atoms with Crippen LogP contribution in [0.2, 0.25) is 0 Å². The highest BCUT2D eigenvalue weighted by Crippen LogP contribution is 2.34. The smallest absolute Gasteiger partial charge is 0.410 e. The van der Waals surface area contributed by atoms with E-state index in [9.17, 15) is 14.7 Å². The molecule has 6 heteroatoms. The number of thioether (sulfide) groups is 1. The summed E-state index contributed by atoms with van der Waals surface area (Å²) < 4.78 is 5.17. The lowest BCUT2D eigenvalue weighted by Crippen LogP contribution is -2.63. The molecule has 1 aliphatic heterocycles. The van der Waals surface area contributed by atoms with Crippen molar-refractivity contribution in [3.63, 3.8) is 0 Å². The van der Waals surface area contributed by atoms with Gasteiger partial charge in [-0.3, -0.25) is 4.79 Å². The van der Waals surface area contributed by atoms with E-state index < -0.39 is 17.5 Å². The van der Waals surface area contributed by atoms with Gasteiger partial charge in [-0.25, -0.2) is 4.79 Å².